The Labute approximate surface area is 214 Å². The summed E-state index contributed by atoms with van der Waals surface area (Å²) in [4.78, 5) is 38.3. The Balaban J connectivity index is 1.33. The summed E-state index contributed by atoms with van der Waals surface area (Å²) >= 11 is 7.51. The predicted octanol–water partition coefficient (Wildman–Crippen LogP) is 6.34. The van der Waals surface area contributed by atoms with E-state index in [-0.39, 0.29) is 25.4 Å². The highest BCUT2D eigenvalue weighted by Gasteiger charge is 2.11. The van der Waals surface area contributed by atoms with Crippen molar-refractivity contribution in [2.24, 2.45) is 0 Å². The van der Waals surface area contributed by atoms with Gasteiger partial charge in [-0.3, -0.25) is 14.4 Å². The maximum atomic E-state index is 12.2. The van der Waals surface area contributed by atoms with E-state index in [1.54, 1.807) is 11.8 Å². The fraction of sp³-hybridized carbons (Fsp3) is 0.222. The Kier molecular flexibility index (Phi) is 10.2. The Morgan fingerprint density at radius 1 is 0.829 bits per heavy atom. The topological polar surface area (TPSA) is 84.5 Å². The number of esters is 1. The summed E-state index contributed by atoms with van der Waals surface area (Å²) in [5.41, 5.74) is 2.40. The van der Waals surface area contributed by atoms with E-state index in [2.05, 4.69) is 10.6 Å². The zero-order chi connectivity index (χ0) is 25.0. The molecule has 3 aromatic carbocycles. The van der Waals surface area contributed by atoms with Gasteiger partial charge < -0.3 is 15.4 Å². The van der Waals surface area contributed by atoms with Crippen molar-refractivity contribution in [3.63, 3.8) is 0 Å². The standard InChI is InChI=1S/C27H27ClN2O4S/c1-2-19-6-3-4-7-24(19)30-26(32)18-34-27(33)9-5-8-25(31)29-21-12-16-23(17-13-21)35-22-14-10-20(28)11-15-22/h3-4,6-7,10-17H,2,5,8-9,18H2,1H3,(H,29,31)(H,30,32). The third-order valence-corrected chi connectivity index (χ3v) is 6.28. The minimum atomic E-state index is -0.514. The first-order valence-corrected chi connectivity index (χ1v) is 12.5. The number of carbonyl (C=O) groups excluding carboxylic acids is 3. The van der Waals surface area contributed by atoms with E-state index in [1.165, 1.54) is 0 Å². The number of amides is 2. The van der Waals surface area contributed by atoms with Crippen molar-refractivity contribution >= 4 is 52.5 Å². The molecule has 0 saturated carbocycles. The molecule has 2 amide bonds. The number of ether oxygens (including phenoxy) is 1. The van der Waals surface area contributed by atoms with Crippen molar-refractivity contribution in [3.05, 3.63) is 83.4 Å². The molecular weight excluding hydrogens is 484 g/mol. The van der Waals surface area contributed by atoms with Crippen LogP contribution in [-0.2, 0) is 25.5 Å². The smallest absolute Gasteiger partial charge is 0.306 e. The van der Waals surface area contributed by atoms with E-state index < -0.39 is 11.9 Å². The molecule has 0 heterocycles. The van der Waals surface area contributed by atoms with Crippen LogP contribution in [0.4, 0.5) is 11.4 Å². The highest BCUT2D eigenvalue weighted by atomic mass is 35.5. The van der Waals surface area contributed by atoms with Crippen LogP contribution in [0.2, 0.25) is 5.02 Å². The van der Waals surface area contributed by atoms with Crippen LogP contribution in [0.3, 0.4) is 0 Å². The zero-order valence-electron chi connectivity index (χ0n) is 19.4. The molecule has 0 aliphatic carbocycles. The predicted molar refractivity (Wildman–Crippen MR) is 140 cm³/mol. The quantitative estimate of drug-likeness (QED) is 0.294. The monoisotopic (exact) mass is 510 g/mol. The van der Waals surface area contributed by atoms with Crippen LogP contribution >= 0.6 is 23.4 Å². The van der Waals surface area contributed by atoms with E-state index in [1.807, 2.05) is 79.7 Å². The zero-order valence-corrected chi connectivity index (χ0v) is 21.0. The first-order valence-electron chi connectivity index (χ1n) is 11.3. The van der Waals surface area contributed by atoms with Crippen LogP contribution in [0.25, 0.3) is 0 Å². The summed E-state index contributed by atoms with van der Waals surface area (Å²) in [6.45, 7) is 1.64. The minimum absolute atomic E-state index is 0.0584. The van der Waals surface area contributed by atoms with Gasteiger partial charge in [-0.05, 0) is 73.0 Å². The number of carbonyl (C=O) groups is 3. The van der Waals surface area contributed by atoms with E-state index >= 15 is 0 Å². The number of rotatable bonds is 11. The molecule has 182 valence electrons. The molecule has 2 N–H and O–H groups in total. The molecule has 0 aliphatic rings. The van der Waals surface area contributed by atoms with Crippen LogP contribution in [0.5, 0.6) is 0 Å². The van der Waals surface area contributed by atoms with Crippen molar-refractivity contribution in [3.8, 4) is 0 Å². The first-order chi connectivity index (χ1) is 16.9. The number of para-hydroxylation sites is 1. The molecule has 0 bridgehead atoms. The SMILES string of the molecule is CCc1ccccc1NC(=O)COC(=O)CCCC(=O)Nc1ccc(Sc2ccc(Cl)cc2)cc1. The van der Waals surface area contributed by atoms with Gasteiger partial charge >= 0.3 is 5.97 Å². The molecule has 3 aromatic rings. The summed E-state index contributed by atoms with van der Waals surface area (Å²) in [7, 11) is 0. The van der Waals surface area contributed by atoms with Gasteiger partial charge in [0.05, 0.1) is 0 Å². The van der Waals surface area contributed by atoms with Gasteiger partial charge in [0.25, 0.3) is 5.91 Å². The first kappa shape index (κ1) is 26.3. The maximum absolute atomic E-state index is 12.2. The third-order valence-electron chi connectivity index (χ3n) is 5.01. The largest absolute Gasteiger partial charge is 0.456 e. The number of nitrogens with one attached hydrogen (secondary N) is 2. The molecule has 3 rings (SSSR count). The maximum Gasteiger partial charge on any atom is 0.306 e. The summed E-state index contributed by atoms with van der Waals surface area (Å²) in [6.07, 6.45) is 1.34. The number of benzene rings is 3. The number of halogens is 1. The van der Waals surface area contributed by atoms with Gasteiger partial charge in [0.15, 0.2) is 6.61 Å². The van der Waals surface area contributed by atoms with Gasteiger partial charge in [-0.15, -0.1) is 0 Å². The molecular formula is C27H27ClN2O4S. The molecule has 0 atom stereocenters. The molecule has 0 aromatic heterocycles. The summed E-state index contributed by atoms with van der Waals surface area (Å²) in [5, 5.41) is 6.27. The second kappa shape index (κ2) is 13.6. The van der Waals surface area contributed by atoms with Gasteiger partial charge in [-0.2, -0.15) is 0 Å². The molecule has 8 heteroatoms. The average Bonchev–Trinajstić information content (AvgIpc) is 2.86. The fourth-order valence-corrected chi connectivity index (χ4v) is 4.16. The normalized spacial score (nSPS) is 10.5. The molecule has 0 aliphatic heterocycles. The molecule has 35 heavy (non-hydrogen) atoms. The van der Waals surface area contributed by atoms with Crippen LogP contribution in [0.15, 0.2) is 82.6 Å². The minimum Gasteiger partial charge on any atom is -0.456 e. The third kappa shape index (κ3) is 9.11. The number of aryl methyl sites for hydroxylation is 1. The van der Waals surface area contributed by atoms with Crippen LogP contribution in [0.1, 0.15) is 31.7 Å². The summed E-state index contributed by atoms with van der Waals surface area (Å²) in [6, 6.07) is 22.6. The van der Waals surface area contributed by atoms with Crippen LogP contribution in [-0.4, -0.2) is 24.4 Å². The number of hydrogen-bond donors (Lipinski definition) is 2. The lowest BCUT2D eigenvalue weighted by atomic mass is 10.1. The van der Waals surface area contributed by atoms with Gasteiger partial charge in [0, 0.05) is 39.0 Å². The summed E-state index contributed by atoms with van der Waals surface area (Å²) in [5.74, 6) is -1.10. The van der Waals surface area contributed by atoms with Crippen molar-refractivity contribution in [2.45, 2.75) is 42.4 Å². The number of anilines is 2. The second-order valence-corrected chi connectivity index (χ2v) is 9.29. The Bertz CT molecular complexity index is 1150. The highest BCUT2D eigenvalue weighted by molar-refractivity contribution is 7.99. The van der Waals surface area contributed by atoms with Crippen molar-refractivity contribution in [1.82, 2.24) is 0 Å². The lowest BCUT2D eigenvalue weighted by molar-refractivity contribution is -0.147. The number of hydrogen-bond acceptors (Lipinski definition) is 5. The highest BCUT2D eigenvalue weighted by Crippen LogP contribution is 2.29. The van der Waals surface area contributed by atoms with E-state index in [9.17, 15) is 14.4 Å². The molecule has 6 nitrogen and oxygen atoms in total. The van der Waals surface area contributed by atoms with E-state index in [0.717, 1.165) is 21.8 Å². The Morgan fingerprint density at radius 3 is 2.17 bits per heavy atom. The van der Waals surface area contributed by atoms with Gasteiger partial charge in [-0.25, -0.2) is 0 Å². The lowest BCUT2D eigenvalue weighted by Gasteiger charge is -2.10. The van der Waals surface area contributed by atoms with Crippen LogP contribution < -0.4 is 10.6 Å². The van der Waals surface area contributed by atoms with Crippen molar-refractivity contribution in [2.75, 3.05) is 17.2 Å². The van der Waals surface area contributed by atoms with E-state index in [4.69, 9.17) is 16.3 Å². The van der Waals surface area contributed by atoms with Crippen molar-refractivity contribution in [1.29, 1.82) is 0 Å². The lowest BCUT2D eigenvalue weighted by Crippen LogP contribution is -2.21. The molecule has 0 fully saturated rings. The molecule has 0 unspecified atom stereocenters. The van der Waals surface area contributed by atoms with E-state index in [0.29, 0.717) is 22.8 Å². The average molecular weight is 511 g/mol. The van der Waals surface area contributed by atoms with Crippen molar-refractivity contribution < 1.29 is 19.1 Å². The molecule has 0 spiro atoms. The summed E-state index contributed by atoms with van der Waals surface area (Å²) < 4.78 is 5.03. The van der Waals surface area contributed by atoms with Gasteiger partial charge in [0.1, 0.15) is 0 Å². The fourth-order valence-electron chi connectivity index (χ4n) is 3.22. The Morgan fingerprint density at radius 2 is 1.49 bits per heavy atom. The van der Waals surface area contributed by atoms with Gasteiger partial charge in [0.2, 0.25) is 5.91 Å². The van der Waals surface area contributed by atoms with Gasteiger partial charge in [-0.1, -0.05) is 48.5 Å². The molecule has 0 radical (unpaired) electrons. The molecule has 0 saturated heterocycles. The van der Waals surface area contributed by atoms with Crippen LogP contribution in [0, 0.1) is 0 Å². The second-order valence-electron chi connectivity index (χ2n) is 7.70. The Hall–Kier alpha value is -3.29.